The molecule has 1 aliphatic heterocycles. The summed E-state index contributed by atoms with van der Waals surface area (Å²) in [4.78, 5) is 12.4. The standard InChI is InChI=1S/C21H21ClN4O5S2/c1-21(2)11-16(15-9-8-14(30-3)10-17(15)31-21)26-33(28,29)20-25-24-19(32-20)23-18(27)12-4-6-13(22)7-5-12/h4-10,16,26H,11H2,1-3H3,(H,23,24,27)/t16-/m1/s1. The zero-order valence-electron chi connectivity index (χ0n) is 18.0. The fourth-order valence-electron chi connectivity index (χ4n) is 3.44. The zero-order valence-corrected chi connectivity index (χ0v) is 20.3. The van der Waals surface area contributed by atoms with Crippen molar-refractivity contribution in [1.29, 1.82) is 0 Å². The van der Waals surface area contributed by atoms with Crippen molar-refractivity contribution in [3.63, 3.8) is 0 Å². The number of nitrogens with one attached hydrogen (secondary N) is 2. The van der Waals surface area contributed by atoms with Crippen molar-refractivity contribution in [2.75, 3.05) is 12.4 Å². The Labute approximate surface area is 200 Å². The molecule has 2 heterocycles. The SMILES string of the molecule is COc1ccc2c(c1)OC(C)(C)C[C@H]2NS(=O)(=O)c1nnc(NC(=O)c2ccc(Cl)cc2)s1. The lowest BCUT2D eigenvalue weighted by atomic mass is 9.90. The number of halogens is 1. The van der Waals surface area contributed by atoms with E-state index in [1.807, 2.05) is 13.8 Å². The molecular formula is C21H21ClN4O5S2. The van der Waals surface area contributed by atoms with Gasteiger partial charge >= 0.3 is 0 Å². The Morgan fingerprint density at radius 1 is 1.21 bits per heavy atom. The minimum atomic E-state index is -4.01. The van der Waals surface area contributed by atoms with Gasteiger partial charge in [-0.05, 0) is 44.2 Å². The van der Waals surface area contributed by atoms with Gasteiger partial charge in [0.05, 0.1) is 13.2 Å². The second kappa shape index (κ2) is 8.90. The Bertz CT molecular complexity index is 1290. The number of fused-ring (bicyclic) bond motifs is 1. The van der Waals surface area contributed by atoms with Gasteiger partial charge in [0, 0.05) is 28.6 Å². The molecule has 1 aliphatic rings. The summed E-state index contributed by atoms with van der Waals surface area (Å²) in [5, 5.41) is 10.7. The summed E-state index contributed by atoms with van der Waals surface area (Å²) in [7, 11) is -2.46. The van der Waals surface area contributed by atoms with Crippen molar-refractivity contribution in [3.8, 4) is 11.5 Å². The third-order valence-corrected chi connectivity index (χ3v) is 7.87. The molecule has 33 heavy (non-hydrogen) atoms. The van der Waals surface area contributed by atoms with E-state index < -0.39 is 27.6 Å². The highest BCUT2D eigenvalue weighted by Crippen LogP contribution is 2.42. The van der Waals surface area contributed by atoms with Gasteiger partial charge in [0.15, 0.2) is 0 Å². The van der Waals surface area contributed by atoms with Crippen molar-refractivity contribution < 1.29 is 22.7 Å². The number of rotatable bonds is 6. The predicted molar refractivity (Wildman–Crippen MR) is 125 cm³/mol. The maximum absolute atomic E-state index is 13.1. The summed E-state index contributed by atoms with van der Waals surface area (Å²) >= 11 is 6.59. The molecule has 0 bridgehead atoms. The molecular weight excluding hydrogens is 488 g/mol. The number of benzene rings is 2. The third kappa shape index (κ3) is 5.27. The number of sulfonamides is 1. The maximum Gasteiger partial charge on any atom is 0.270 e. The molecule has 1 atom stereocenters. The van der Waals surface area contributed by atoms with E-state index in [1.165, 1.54) is 0 Å². The number of aromatic nitrogens is 2. The van der Waals surface area contributed by atoms with Crippen LogP contribution >= 0.6 is 22.9 Å². The van der Waals surface area contributed by atoms with E-state index in [0.29, 0.717) is 34.1 Å². The lowest BCUT2D eigenvalue weighted by Crippen LogP contribution is -2.41. The van der Waals surface area contributed by atoms with E-state index >= 15 is 0 Å². The minimum Gasteiger partial charge on any atom is -0.497 e. The molecule has 0 spiro atoms. The molecule has 174 valence electrons. The summed E-state index contributed by atoms with van der Waals surface area (Å²) < 4.78 is 39.8. The van der Waals surface area contributed by atoms with Crippen LogP contribution in [-0.4, -0.2) is 37.2 Å². The van der Waals surface area contributed by atoms with Gasteiger partial charge in [-0.15, -0.1) is 10.2 Å². The summed E-state index contributed by atoms with van der Waals surface area (Å²) in [6.45, 7) is 3.76. The molecule has 0 saturated carbocycles. The predicted octanol–water partition coefficient (Wildman–Crippen LogP) is 4.03. The average molecular weight is 509 g/mol. The van der Waals surface area contributed by atoms with Gasteiger partial charge in [-0.25, -0.2) is 13.1 Å². The number of nitrogens with zero attached hydrogens (tertiary/aromatic N) is 2. The van der Waals surface area contributed by atoms with E-state index in [4.69, 9.17) is 21.1 Å². The molecule has 0 unspecified atom stereocenters. The maximum atomic E-state index is 13.1. The highest BCUT2D eigenvalue weighted by molar-refractivity contribution is 7.91. The lowest BCUT2D eigenvalue weighted by Gasteiger charge is -2.37. The average Bonchev–Trinajstić information content (AvgIpc) is 3.22. The Morgan fingerprint density at radius 2 is 1.94 bits per heavy atom. The molecule has 4 rings (SSSR count). The zero-order chi connectivity index (χ0) is 23.8. The molecule has 1 amide bonds. The smallest absolute Gasteiger partial charge is 0.270 e. The molecule has 0 fully saturated rings. The molecule has 0 radical (unpaired) electrons. The number of carbonyl (C=O) groups excluding carboxylic acids is 1. The second-order valence-corrected chi connectivity index (χ2v) is 11.3. The molecule has 3 aromatic rings. The quantitative estimate of drug-likeness (QED) is 0.482. The van der Waals surface area contributed by atoms with E-state index in [-0.39, 0.29) is 9.47 Å². The van der Waals surface area contributed by atoms with Gasteiger partial charge in [-0.2, -0.15) is 0 Å². The molecule has 2 N–H and O–H groups in total. The highest BCUT2D eigenvalue weighted by Gasteiger charge is 2.37. The Hall–Kier alpha value is -2.73. The van der Waals surface area contributed by atoms with Crippen molar-refractivity contribution in [3.05, 3.63) is 58.6 Å². The van der Waals surface area contributed by atoms with Gasteiger partial charge in [-0.3, -0.25) is 10.1 Å². The van der Waals surface area contributed by atoms with Crippen LogP contribution in [0.25, 0.3) is 0 Å². The van der Waals surface area contributed by atoms with Crippen molar-refractivity contribution in [2.24, 2.45) is 0 Å². The van der Waals surface area contributed by atoms with Crippen molar-refractivity contribution in [2.45, 2.75) is 36.3 Å². The summed E-state index contributed by atoms with van der Waals surface area (Å²) in [5.74, 6) is 0.707. The summed E-state index contributed by atoms with van der Waals surface area (Å²) in [6, 6.07) is 11.0. The monoisotopic (exact) mass is 508 g/mol. The van der Waals surface area contributed by atoms with E-state index in [2.05, 4.69) is 20.2 Å². The Kier molecular flexibility index (Phi) is 6.32. The Balaban J connectivity index is 1.53. The number of carbonyl (C=O) groups is 1. The normalized spacial score (nSPS) is 17.0. The number of anilines is 1. The topological polar surface area (TPSA) is 120 Å². The van der Waals surface area contributed by atoms with Crippen LogP contribution in [0.3, 0.4) is 0 Å². The van der Waals surface area contributed by atoms with Crippen LogP contribution in [0.5, 0.6) is 11.5 Å². The van der Waals surface area contributed by atoms with Crippen LogP contribution in [-0.2, 0) is 10.0 Å². The number of hydrogen-bond acceptors (Lipinski definition) is 8. The van der Waals surface area contributed by atoms with Crippen LogP contribution in [0.4, 0.5) is 5.13 Å². The second-order valence-electron chi connectivity index (χ2n) is 7.98. The number of amides is 1. The number of ether oxygens (including phenoxy) is 2. The molecule has 0 aliphatic carbocycles. The molecule has 9 nitrogen and oxygen atoms in total. The summed E-state index contributed by atoms with van der Waals surface area (Å²) in [6.07, 6.45) is 0.407. The van der Waals surface area contributed by atoms with Gasteiger partial charge in [0.1, 0.15) is 17.1 Å². The first-order chi connectivity index (χ1) is 15.6. The number of methoxy groups -OCH3 is 1. The van der Waals surface area contributed by atoms with Gasteiger partial charge in [0.25, 0.3) is 15.9 Å². The largest absolute Gasteiger partial charge is 0.497 e. The van der Waals surface area contributed by atoms with Crippen LogP contribution in [0.15, 0.2) is 46.8 Å². The van der Waals surface area contributed by atoms with E-state index in [1.54, 1.807) is 49.6 Å². The first-order valence-corrected chi connectivity index (χ1v) is 12.5. The third-order valence-electron chi connectivity index (χ3n) is 4.94. The van der Waals surface area contributed by atoms with Gasteiger partial charge < -0.3 is 9.47 Å². The molecule has 0 saturated heterocycles. The van der Waals surface area contributed by atoms with E-state index in [9.17, 15) is 13.2 Å². The van der Waals surface area contributed by atoms with Crippen molar-refractivity contribution in [1.82, 2.24) is 14.9 Å². The molecule has 2 aromatic carbocycles. The van der Waals surface area contributed by atoms with Crippen LogP contribution in [0.1, 0.15) is 42.2 Å². The first-order valence-electron chi connectivity index (χ1n) is 9.86. The van der Waals surface area contributed by atoms with Crippen LogP contribution in [0, 0.1) is 0 Å². The minimum absolute atomic E-state index is 0.0627. The fourth-order valence-corrected chi connectivity index (χ4v) is 5.69. The fraction of sp³-hybridized carbons (Fsp3) is 0.286. The van der Waals surface area contributed by atoms with Crippen molar-refractivity contribution >= 4 is 44.0 Å². The first kappa shape index (κ1) is 23.4. The summed E-state index contributed by atoms with van der Waals surface area (Å²) in [5.41, 5.74) is 0.443. The number of hydrogen-bond donors (Lipinski definition) is 2. The molecule has 12 heteroatoms. The highest BCUT2D eigenvalue weighted by atomic mass is 35.5. The van der Waals surface area contributed by atoms with Gasteiger partial charge in [0.2, 0.25) is 9.47 Å². The Morgan fingerprint density at radius 3 is 2.64 bits per heavy atom. The van der Waals surface area contributed by atoms with Gasteiger partial charge in [-0.1, -0.05) is 29.0 Å². The van der Waals surface area contributed by atoms with E-state index in [0.717, 1.165) is 11.3 Å². The van der Waals surface area contributed by atoms with Crippen LogP contribution < -0.4 is 19.5 Å². The van der Waals surface area contributed by atoms with Crippen LogP contribution in [0.2, 0.25) is 5.02 Å². The molecule has 1 aromatic heterocycles. The lowest BCUT2D eigenvalue weighted by molar-refractivity contribution is 0.0698.